The number of rotatable bonds is 3. The van der Waals surface area contributed by atoms with Crippen molar-refractivity contribution in [3.8, 4) is 0 Å². The molecule has 1 aliphatic rings. The zero-order chi connectivity index (χ0) is 14.9. The number of urea groups is 1. The zero-order valence-corrected chi connectivity index (χ0v) is 12.7. The van der Waals surface area contributed by atoms with Crippen LogP contribution in [-0.2, 0) is 0 Å². The highest BCUT2D eigenvalue weighted by molar-refractivity contribution is 7.09. The second-order valence-corrected chi connectivity index (χ2v) is 6.50. The number of carboxylic acid groups (broad SMARTS) is 1. The third-order valence-corrected chi connectivity index (χ3v) is 4.63. The van der Waals surface area contributed by atoms with Crippen molar-refractivity contribution in [3.63, 3.8) is 0 Å². The molecule has 1 aromatic rings. The van der Waals surface area contributed by atoms with Crippen molar-refractivity contribution in [2.75, 3.05) is 6.54 Å². The van der Waals surface area contributed by atoms with Crippen LogP contribution in [0.15, 0.2) is 5.38 Å². The number of carbonyl (C=O) groups excluding carboxylic acids is 1. The average Bonchev–Trinajstić information content (AvgIpc) is 2.94. The Morgan fingerprint density at radius 2 is 2.25 bits per heavy atom. The average molecular weight is 297 g/mol. The van der Waals surface area contributed by atoms with Gasteiger partial charge in [0, 0.05) is 17.5 Å². The van der Waals surface area contributed by atoms with Crippen LogP contribution in [0, 0.1) is 0 Å². The van der Waals surface area contributed by atoms with E-state index < -0.39 is 5.97 Å². The summed E-state index contributed by atoms with van der Waals surface area (Å²) in [5.74, 6) is -1.05. The Labute approximate surface area is 121 Å². The molecular formula is C13H19N3O3S. The standard InChI is InChI=1S/C13H19N3O3S/c1-8(10-15-9(7-20-10)11(17)18)14-12(19)16-6-4-5-13(16,2)3/h7-8H,4-6H2,1-3H3,(H,14,19)(H,17,18). The third-order valence-electron chi connectivity index (χ3n) is 3.60. The number of nitrogens with one attached hydrogen (secondary N) is 1. The molecule has 2 heterocycles. The van der Waals surface area contributed by atoms with Crippen molar-refractivity contribution in [3.05, 3.63) is 16.1 Å². The monoisotopic (exact) mass is 297 g/mol. The molecule has 1 atom stereocenters. The van der Waals surface area contributed by atoms with Crippen LogP contribution in [0.5, 0.6) is 0 Å². The molecule has 1 aliphatic heterocycles. The molecule has 2 N–H and O–H groups in total. The van der Waals surface area contributed by atoms with E-state index in [-0.39, 0.29) is 23.3 Å². The molecule has 2 rings (SSSR count). The first-order valence-corrected chi connectivity index (χ1v) is 7.46. The van der Waals surface area contributed by atoms with Gasteiger partial charge in [-0.05, 0) is 33.6 Å². The van der Waals surface area contributed by atoms with Crippen molar-refractivity contribution < 1.29 is 14.7 Å². The van der Waals surface area contributed by atoms with E-state index in [9.17, 15) is 9.59 Å². The molecule has 7 heteroatoms. The number of thiazole rings is 1. The highest BCUT2D eigenvalue weighted by Crippen LogP contribution is 2.28. The number of amides is 2. The Hall–Kier alpha value is -1.63. The van der Waals surface area contributed by atoms with Gasteiger partial charge in [-0.3, -0.25) is 0 Å². The van der Waals surface area contributed by atoms with Crippen LogP contribution >= 0.6 is 11.3 Å². The van der Waals surface area contributed by atoms with Gasteiger partial charge in [-0.2, -0.15) is 0 Å². The van der Waals surface area contributed by atoms with Gasteiger partial charge in [-0.15, -0.1) is 11.3 Å². The molecule has 20 heavy (non-hydrogen) atoms. The number of aromatic carboxylic acids is 1. The molecule has 0 aromatic carbocycles. The van der Waals surface area contributed by atoms with E-state index in [1.165, 1.54) is 16.7 Å². The SMILES string of the molecule is CC(NC(=O)N1CCCC1(C)C)c1nc(C(=O)O)cs1. The van der Waals surface area contributed by atoms with Crippen LogP contribution in [0.3, 0.4) is 0 Å². The minimum Gasteiger partial charge on any atom is -0.476 e. The van der Waals surface area contributed by atoms with Gasteiger partial charge in [0.1, 0.15) is 5.01 Å². The summed E-state index contributed by atoms with van der Waals surface area (Å²) < 4.78 is 0. The zero-order valence-electron chi connectivity index (χ0n) is 11.8. The number of nitrogens with zero attached hydrogens (tertiary/aromatic N) is 2. The number of carbonyl (C=O) groups is 2. The summed E-state index contributed by atoms with van der Waals surface area (Å²) in [5.41, 5.74) is -0.105. The predicted molar refractivity (Wildman–Crippen MR) is 76.0 cm³/mol. The Bertz CT molecular complexity index is 527. The molecule has 2 amide bonds. The molecule has 1 unspecified atom stereocenters. The van der Waals surface area contributed by atoms with Crippen molar-refractivity contribution in [2.24, 2.45) is 0 Å². The lowest BCUT2D eigenvalue weighted by atomic mass is 10.0. The first-order chi connectivity index (χ1) is 9.31. The molecule has 0 spiro atoms. The van der Waals surface area contributed by atoms with Crippen molar-refractivity contribution in [1.29, 1.82) is 0 Å². The normalized spacial score (nSPS) is 18.9. The first-order valence-electron chi connectivity index (χ1n) is 6.58. The summed E-state index contributed by atoms with van der Waals surface area (Å²) in [7, 11) is 0. The fourth-order valence-corrected chi connectivity index (χ4v) is 3.19. The molecule has 110 valence electrons. The summed E-state index contributed by atoms with van der Waals surface area (Å²) in [6, 6.07) is -0.413. The van der Waals surface area contributed by atoms with E-state index >= 15 is 0 Å². The van der Waals surface area contributed by atoms with E-state index in [0.29, 0.717) is 5.01 Å². The minimum atomic E-state index is -1.05. The van der Waals surface area contributed by atoms with Gasteiger partial charge < -0.3 is 15.3 Å². The van der Waals surface area contributed by atoms with E-state index in [1.54, 1.807) is 0 Å². The van der Waals surface area contributed by atoms with Crippen LogP contribution in [0.4, 0.5) is 4.79 Å². The molecular weight excluding hydrogens is 278 g/mol. The van der Waals surface area contributed by atoms with Gasteiger partial charge in [0.05, 0.1) is 6.04 Å². The smallest absolute Gasteiger partial charge is 0.355 e. The van der Waals surface area contributed by atoms with Gasteiger partial charge in [-0.1, -0.05) is 0 Å². The number of likely N-dealkylation sites (tertiary alicyclic amines) is 1. The number of hydrogen-bond donors (Lipinski definition) is 2. The maximum atomic E-state index is 12.3. The predicted octanol–water partition coefficient (Wildman–Crippen LogP) is 2.49. The van der Waals surface area contributed by atoms with E-state index in [0.717, 1.165) is 19.4 Å². The highest BCUT2D eigenvalue weighted by Gasteiger charge is 2.36. The maximum absolute atomic E-state index is 12.3. The molecule has 0 aliphatic carbocycles. The quantitative estimate of drug-likeness (QED) is 0.898. The number of aromatic nitrogens is 1. The van der Waals surface area contributed by atoms with Gasteiger partial charge in [0.2, 0.25) is 0 Å². The lowest BCUT2D eigenvalue weighted by molar-refractivity contribution is 0.0691. The fourth-order valence-electron chi connectivity index (χ4n) is 2.39. The summed E-state index contributed by atoms with van der Waals surface area (Å²) >= 11 is 1.25. The summed E-state index contributed by atoms with van der Waals surface area (Å²) in [4.78, 5) is 28.9. The van der Waals surface area contributed by atoms with Crippen LogP contribution < -0.4 is 5.32 Å². The lowest BCUT2D eigenvalue weighted by Gasteiger charge is -2.32. The number of carboxylic acids is 1. The second kappa shape index (κ2) is 5.40. The van der Waals surface area contributed by atoms with Gasteiger partial charge in [0.15, 0.2) is 5.69 Å². The maximum Gasteiger partial charge on any atom is 0.355 e. The van der Waals surface area contributed by atoms with E-state index in [2.05, 4.69) is 24.1 Å². The summed E-state index contributed by atoms with van der Waals surface area (Å²) in [6.45, 7) is 6.67. The number of hydrogen-bond acceptors (Lipinski definition) is 4. The highest BCUT2D eigenvalue weighted by atomic mass is 32.1. The van der Waals surface area contributed by atoms with Crippen molar-refractivity contribution in [2.45, 2.75) is 45.2 Å². The Kier molecular flexibility index (Phi) is 3.99. The Balaban J connectivity index is 2.01. The van der Waals surface area contributed by atoms with Gasteiger partial charge in [-0.25, -0.2) is 14.6 Å². The Morgan fingerprint density at radius 1 is 1.55 bits per heavy atom. The fraction of sp³-hybridized carbons (Fsp3) is 0.615. The summed E-state index contributed by atoms with van der Waals surface area (Å²) in [5, 5.41) is 13.8. The van der Waals surface area contributed by atoms with Crippen LogP contribution in [0.1, 0.15) is 55.2 Å². The molecule has 0 saturated carbocycles. The molecule has 6 nitrogen and oxygen atoms in total. The Morgan fingerprint density at radius 3 is 2.75 bits per heavy atom. The summed E-state index contributed by atoms with van der Waals surface area (Å²) in [6.07, 6.45) is 2.00. The van der Waals surface area contributed by atoms with Crippen molar-refractivity contribution in [1.82, 2.24) is 15.2 Å². The largest absolute Gasteiger partial charge is 0.476 e. The molecule has 1 fully saturated rings. The third kappa shape index (κ3) is 2.92. The minimum absolute atomic E-state index is 0.0209. The van der Waals surface area contributed by atoms with Crippen LogP contribution in [-0.4, -0.2) is 39.1 Å². The molecule has 0 bridgehead atoms. The van der Waals surface area contributed by atoms with Crippen molar-refractivity contribution >= 4 is 23.3 Å². The first kappa shape index (κ1) is 14.8. The molecule has 0 radical (unpaired) electrons. The van der Waals surface area contributed by atoms with Crippen LogP contribution in [0.25, 0.3) is 0 Å². The lowest BCUT2D eigenvalue weighted by Crippen LogP contribution is -2.48. The molecule has 1 saturated heterocycles. The van der Waals surface area contributed by atoms with Crippen LogP contribution in [0.2, 0.25) is 0 Å². The topological polar surface area (TPSA) is 82.5 Å². The van der Waals surface area contributed by atoms with Gasteiger partial charge >= 0.3 is 12.0 Å². The van der Waals surface area contributed by atoms with E-state index in [1.807, 2.05) is 11.8 Å². The van der Waals surface area contributed by atoms with Gasteiger partial charge in [0.25, 0.3) is 0 Å². The molecule has 1 aromatic heterocycles. The second-order valence-electron chi connectivity index (χ2n) is 5.61. The van der Waals surface area contributed by atoms with E-state index in [4.69, 9.17) is 5.11 Å².